The summed E-state index contributed by atoms with van der Waals surface area (Å²) < 4.78 is 1.76. The Bertz CT molecular complexity index is 707. The van der Waals surface area contributed by atoms with Gasteiger partial charge in [-0.15, -0.1) is 10.2 Å². The molecule has 1 amide bonds. The van der Waals surface area contributed by atoms with E-state index in [4.69, 9.17) is 0 Å². The average molecular weight is 314 g/mol. The maximum absolute atomic E-state index is 13.1. The van der Waals surface area contributed by atoms with Crippen LogP contribution >= 0.6 is 0 Å². The Kier molecular flexibility index (Phi) is 3.77. The molecule has 4 rings (SSSR count). The van der Waals surface area contributed by atoms with Gasteiger partial charge in [0.25, 0.3) is 5.91 Å². The molecule has 23 heavy (non-hydrogen) atoms. The quantitative estimate of drug-likeness (QED) is 0.919. The second-order valence-corrected chi connectivity index (χ2v) is 6.80. The number of aliphatic hydroxyl groups excluding tert-OH is 1. The Morgan fingerprint density at radius 3 is 2.91 bits per heavy atom. The molecule has 6 heteroatoms. The minimum atomic E-state index is -0.413. The molecule has 1 aliphatic carbocycles. The summed E-state index contributed by atoms with van der Waals surface area (Å²) in [5, 5.41) is 18.1. The molecule has 2 atom stereocenters. The molecule has 2 fully saturated rings. The van der Waals surface area contributed by atoms with Crippen LogP contribution in [0.5, 0.6) is 0 Å². The number of amides is 1. The second-order valence-electron chi connectivity index (χ2n) is 6.80. The molecule has 2 aliphatic rings. The van der Waals surface area contributed by atoms with E-state index in [0.717, 1.165) is 12.8 Å². The summed E-state index contributed by atoms with van der Waals surface area (Å²) in [5.41, 5.74) is 1.15. The number of nitrogens with zero attached hydrogens (tertiary/aromatic N) is 4. The van der Waals surface area contributed by atoms with Gasteiger partial charge < -0.3 is 10.0 Å². The van der Waals surface area contributed by atoms with E-state index in [0.29, 0.717) is 30.1 Å². The van der Waals surface area contributed by atoms with Crippen LogP contribution in [0.4, 0.5) is 0 Å². The number of likely N-dealkylation sites (tertiary alicyclic amines) is 1. The molecule has 1 aliphatic heterocycles. The van der Waals surface area contributed by atoms with E-state index in [1.165, 1.54) is 19.3 Å². The number of hydrogen-bond donors (Lipinski definition) is 1. The van der Waals surface area contributed by atoms with Gasteiger partial charge >= 0.3 is 0 Å². The molecular formula is C17H22N4O2. The highest BCUT2D eigenvalue weighted by Crippen LogP contribution is 2.35. The van der Waals surface area contributed by atoms with E-state index in [1.807, 2.05) is 17.2 Å². The van der Waals surface area contributed by atoms with Crippen molar-refractivity contribution in [2.45, 2.75) is 50.7 Å². The predicted octanol–water partition coefficient (Wildman–Crippen LogP) is 1.88. The molecule has 2 aromatic rings. The number of rotatable bonds is 2. The van der Waals surface area contributed by atoms with Crippen LogP contribution in [0.25, 0.3) is 5.65 Å². The number of β-amino-alcohol motifs (C(OH)–C–C–N with tert-alkyl or cyclic N) is 1. The molecule has 0 aromatic carbocycles. The first-order chi connectivity index (χ1) is 11.2. The summed E-state index contributed by atoms with van der Waals surface area (Å²) in [6.07, 6.45) is 9.81. The fourth-order valence-corrected chi connectivity index (χ4v) is 4.22. The van der Waals surface area contributed by atoms with Crippen molar-refractivity contribution in [3.63, 3.8) is 0 Å². The zero-order valence-corrected chi connectivity index (χ0v) is 13.1. The van der Waals surface area contributed by atoms with Gasteiger partial charge in [-0.25, -0.2) is 0 Å². The first kappa shape index (κ1) is 14.6. The Labute approximate surface area is 135 Å². The first-order valence-corrected chi connectivity index (χ1v) is 8.51. The fourth-order valence-electron chi connectivity index (χ4n) is 4.22. The van der Waals surface area contributed by atoms with Crippen molar-refractivity contribution in [2.24, 2.45) is 5.92 Å². The van der Waals surface area contributed by atoms with Crippen LogP contribution in [-0.4, -0.2) is 49.2 Å². The van der Waals surface area contributed by atoms with Crippen molar-refractivity contribution in [1.82, 2.24) is 19.5 Å². The van der Waals surface area contributed by atoms with E-state index >= 15 is 0 Å². The topological polar surface area (TPSA) is 70.7 Å². The lowest BCUT2D eigenvalue weighted by molar-refractivity contribution is 0.0651. The summed E-state index contributed by atoms with van der Waals surface area (Å²) in [6.45, 7) is 0.426. The number of aliphatic hydroxyl groups is 1. The molecule has 1 saturated carbocycles. The lowest BCUT2D eigenvalue weighted by Gasteiger charge is -2.33. The fraction of sp³-hybridized carbons (Fsp3) is 0.588. The largest absolute Gasteiger partial charge is 0.391 e. The van der Waals surface area contributed by atoms with Gasteiger partial charge in [0.2, 0.25) is 0 Å². The highest BCUT2D eigenvalue weighted by molar-refractivity contribution is 6.00. The van der Waals surface area contributed by atoms with Gasteiger partial charge in [-0.2, -0.15) is 0 Å². The molecule has 0 radical (unpaired) electrons. The molecule has 6 nitrogen and oxygen atoms in total. The van der Waals surface area contributed by atoms with Gasteiger partial charge in [0.15, 0.2) is 5.65 Å². The summed E-state index contributed by atoms with van der Waals surface area (Å²) in [6, 6.07) is 3.79. The van der Waals surface area contributed by atoms with Crippen molar-refractivity contribution >= 4 is 11.6 Å². The van der Waals surface area contributed by atoms with Gasteiger partial charge in [-0.3, -0.25) is 9.20 Å². The molecule has 0 bridgehead atoms. The lowest BCUT2D eigenvalue weighted by Crippen LogP contribution is -2.41. The molecule has 1 N–H and O–H groups in total. The van der Waals surface area contributed by atoms with E-state index in [2.05, 4.69) is 10.2 Å². The van der Waals surface area contributed by atoms with Crippen LogP contribution in [-0.2, 0) is 0 Å². The molecule has 0 spiro atoms. The average Bonchev–Trinajstić information content (AvgIpc) is 3.21. The zero-order chi connectivity index (χ0) is 15.8. The third-order valence-corrected chi connectivity index (χ3v) is 5.33. The third-order valence-electron chi connectivity index (χ3n) is 5.33. The van der Waals surface area contributed by atoms with Crippen LogP contribution < -0.4 is 0 Å². The monoisotopic (exact) mass is 314 g/mol. The van der Waals surface area contributed by atoms with E-state index < -0.39 is 6.10 Å². The molecule has 3 heterocycles. The standard InChI is InChI=1S/C17H22N4O2/c22-13-9-15(12-5-2-1-3-6-12)21(10-13)17(23)14-7-4-8-20-11-18-19-16(14)20/h4,7-8,11-13,15,22H,1-3,5-6,9-10H2. The maximum Gasteiger partial charge on any atom is 0.258 e. The van der Waals surface area contributed by atoms with E-state index in [-0.39, 0.29) is 11.9 Å². The number of carbonyl (C=O) groups is 1. The summed E-state index contributed by atoms with van der Waals surface area (Å²) in [7, 11) is 0. The van der Waals surface area contributed by atoms with Crippen molar-refractivity contribution in [3.05, 3.63) is 30.2 Å². The highest BCUT2D eigenvalue weighted by Gasteiger charge is 2.40. The van der Waals surface area contributed by atoms with Crippen LogP contribution in [0, 0.1) is 5.92 Å². The molecule has 122 valence electrons. The van der Waals surface area contributed by atoms with Gasteiger partial charge in [-0.1, -0.05) is 19.3 Å². The van der Waals surface area contributed by atoms with Gasteiger partial charge in [0.1, 0.15) is 6.33 Å². The van der Waals surface area contributed by atoms with Crippen molar-refractivity contribution in [3.8, 4) is 0 Å². The maximum atomic E-state index is 13.1. The Balaban J connectivity index is 1.64. The smallest absolute Gasteiger partial charge is 0.258 e. The van der Waals surface area contributed by atoms with Crippen molar-refractivity contribution in [1.29, 1.82) is 0 Å². The van der Waals surface area contributed by atoms with E-state index in [9.17, 15) is 9.90 Å². The minimum absolute atomic E-state index is 0.0317. The summed E-state index contributed by atoms with van der Waals surface area (Å²) in [5.74, 6) is 0.484. The number of fused-ring (bicyclic) bond motifs is 1. The number of carbonyl (C=O) groups excluding carboxylic acids is 1. The van der Waals surface area contributed by atoms with Crippen molar-refractivity contribution < 1.29 is 9.90 Å². The first-order valence-electron chi connectivity index (χ1n) is 8.51. The van der Waals surface area contributed by atoms with Crippen LogP contribution in [0.1, 0.15) is 48.9 Å². The third kappa shape index (κ3) is 2.61. The molecule has 2 aromatic heterocycles. The van der Waals surface area contributed by atoms with E-state index in [1.54, 1.807) is 16.8 Å². The molecular weight excluding hydrogens is 292 g/mol. The number of aromatic nitrogens is 3. The van der Waals surface area contributed by atoms with Crippen molar-refractivity contribution in [2.75, 3.05) is 6.54 Å². The minimum Gasteiger partial charge on any atom is -0.391 e. The second kappa shape index (κ2) is 5.92. The number of hydrogen-bond acceptors (Lipinski definition) is 4. The Hall–Kier alpha value is -1.95. The van der Waals surface area contributed by atoms with Gasteiger partial charge in [-0.05, 0) is 37.3 Å². The van der Waals surface area contributed by atoms with Gasteiger partial charge in [0.05, 0.1) is 11.7 Å². The van der Waals surface area contributed by atoms with Crippen LogP contribution in [0.3, 0.4) is 0 Å². The Morgan fingerprint density at radius 1 is 1.26 bits per heavy atom. The Morgan fingerprint density at radius 2 is 2.09 bits per heavy atom. The van der Waals surface area contributed by atoms with Gasteiger partial charge in [0, 0.05) is 18.8 Å². The SMILES string of the molecule is O=C(c1cccn2cnnc12)N1CC(O)CC1C1CCCCC1. The zero-order valence-electron chi connectivity index (χ0n) is 13.1. The molecule has 1 saturated heterocycles. The highest BCUT2D eigenvalue weighted by atomic mass is 16.3. The summed E-state index contributed by atoms with van der Waals surface area (Å²) in [4.78, 5) is 15.0. The molecule has 2 unspecified atom stereocenters. The number of pyridine rings is 1. The predicted molar refractivity (Wildman–Crippen MR) is 85.0 cm³/mol. The van der Waals surface area contributed by atoms with Crippen LogP contribution in [0.15, 0.2) is 24.7 Å². The summed E-state index contributed by atoms with van der Waals surface area (Å²) >= 11 is 0. The normalized spacial score (nSPS) is 26.0. The van der Waals surface area contributed by atoms with Crippen LogP contribution in [0.2, 0.25) is 0 Å². The lowest BCUT2D eigenvalue weighted by atomic mass is 9.82.